The molecule has 3 nitrogen and oxygen atoms in total. The number of fused-ring (bicyclic) bond motifs is 1. The number of hydrogen-bond donors (Lipinski definition) is 1. The van der Waals surface area contributed by atoms with Crippen LogP contribution in [-0.4, -0.2) is 16.4 Å². The second-order valence-electron chi connectivity index (χ2n) is 8.02. The van der Waals surface area contributed by atoms with Gasteiger partial charge in [-0.05, 0) is 52.2 Å². The van der Waals surface area contributed by atoms with E-state index in [-0.39, 0.29) is 16.9 Å². The van der Waals surface area contributed by atoms with Crippen LogP contribution in [0.3, 0.4) is 0 Å². The smallest absolute Gasteiger partial charge is 0.220 e. The molecule has 0 spiro atoms. The fourth-order valence-corrected chi connectivity index (χ4v) is 4.57. The summed E-state index contributed by atoms with van der Waals surface area (Å²) in [5, 5.41) is 4.30. The molecule has 1 heterocycles. The molecule has 0 radical (unpaired) electrons. The lowest BCUT2D eigenvalue weighted by Gasteiger charge is -2.31. The van der Waals surface area contributed by atoms with Crippen LogP contribution in [0.1, 0.15) is 78.2 Å². The second-order valence-corrected chi connectivity index (χ2v) is 9.05. The van der Waals surface area contributed by atoms with Crippen LogP contribution in [0.25, 0.3) is 10.2 Å². The Morgan fingerprint density at radius 1 is 1.16 bits per heavy atom. The minimum absolute atomic E-state index is 0.00885. The number of unbranched alkanes of at least 4 members (excludes halogenated alkanes) is 1. The molecule has 25 heavy (non-hydrogen) atoms. The van der Waals surface area contributed by atoms with Crippen LogP contribution in [-0.2, 0) is 10.2 Å². The quantitative estimate of drug-likeness (QED) is 0.643. The molecule has 1 aromatic carbocycles. The van der Waals surface area contributed by atoms with Crippen LogP contribution in [0.5, 0.6) is 0 Å². The third kappa shape index (κ3) is 5.27. The molecule has 1 N–H and O–H groups in total. The number of para-hydroxylation sites is 1. The van der Waals surface area contributed by atoms with Crippen molar-refractivity contribution >= 4 is 27.5 Å². The average molecular weight is 361 g/mol. The zero-order valence-electron chi connectivity index (χ0n) is 16.3. The van der Waals surface area contributed by atoms with Crippen LogP contribution in [0, 0.1) is 0 Å². The number of rotatable bonds is 8. The first-order chi connectivity index (χ1) is 11.8. The highest BCUT2D eigenvalue weighted by molar-refractivity contribution is 7.18. The topological polar surface area (TPSA) is 42.0 Å². The van der Waals surface area contributed by atoms with Crippen LogP contribution in [0.2, 0.25) is 0 Å². The van der Waals surface area contributed by atoms with Crippen LogP contribution in [0.4, 0.5) is 0 Å². The van der Waals surface area contributed by atoms with Gasteiger partial charge in [-0.3, -0.25) is 4.79 Å². The van der Waals surface area contributed by atoms with E-state index in [1.165, 1.54) is 22.5 Å². The molecule has 1 atom stereocenters. The number of nitrogens with one attached hydrogen (secondary N) is 1. The van der Waals surface area contributed by atoms with Gasteiger partial charge in [0, 0.05) is 17.4 Å². The van der Waals surface area contributed by atoms with E-state index in [9.17, 15) is 4.79 Å². The summed E-state index contributed by atoms with van der Waals surface area (Å²) in [5.41, 5.74) is 0.913. The summed E-state index contributed by atoms with van der Waals surface area (Å²) in [4.78, 5) is 17.3. The molecule has 0 fully saturated rings. The number of amides is 1. The lowest BCUT2D eigenvalue weighted by molar-refractivity contribution is -0.122. The van der Waals surface area contributed by atoms with Gasteiger partial charge in [0.2, 0.25) is 5.91 Å². The van der Waals surface area contributed by atoms with E-state index in [0.717, 1.165) is 24.8 Å². The van der Waals surface area contributed by atoms with Crippen molar-refractivity contribution < 1.29 is 4.79 Å². The Labute approximate surface area is 156 Å². The average Bonchev–Trinajstić information content (AvgIpc) is 2.98. The van der Waals surface area contributed by atoms with Crippen molar-refractivity contribution in [2.75, 3.05) is 0 Å². The zero-order chi connectivity index (χ0) is 18.5. The molecule has 0 bridgehead atoms. The van der Waals surface area contributed by atoms with E-state index in [4.69, 9.17) is 4.98 Å². The minimum Gasteiger partial charge on any atom is -0.352 e. The molecule has 0 saturated heterocycles. The monoisotopic (exact) mass is 360 g/mol. The highest BCUT2D eigenvalue weighted by Gasteiger charge is 2.34. The Morgan fingerprint density at radius 3 is 2.48 bits per heavy atom. The Balaban J connectivity index is 2.25. The van der Waals surface area contributed by atoms with E-state index in [2.05, 4.69) is 37.4 Å². The Bertz CT molecular complexity index is 668. The first kappa shape index (κ1) is 19.9. The number of thiazole rings is 1. The lowest BCUT2D eigenvalue weighted by Crippen LogP contribution is -2.41. The van der Waals surface area contributed by atoms with Crippen molar-refractivity contribution in [2.45, 2.75) is 84.1 Å². The van der Waals surface area contributed by atoms with Crippen molar-refractivity contribution in [3.63, 3.8) is 0 Å². The predicted octanol–water partition coefficient (Wildman–Crippen LogP) is 5.83. The highest BCUT2D eigenvalue weighted by Crippen LogP contribution is 2.41. The Hall–Kier alpha value is -1.42. The molecule has 138 valence electrons. The Kier molecular flexibility index (Phi) is 6.61. The molecule has 1 unspecified atom stereocenters. The number of benzene rings is 1. The number of aromatic nitrogens is 1. The molecule has 2 aromatic rings. The molecule has 2 rings (SSSR count). The van der Waals surface area contributed by atoms with Gasteiger partial charge in [-0.15, -0.1) is 11.3 Å². The molecule has 0 aliphatic rings. The fourth-order valence-electron chi connectivity index (χ4n) is 3.29. The van der Waals surface area contributed by atoms with Gasteiger partial charge in [-0.2, -0.15) is 0 Å². The van der Waals surface area contributed by atoms with Gasteiger partial charge >= 0.3 is 0 Å². The number of hydrogen-bond acceptors (Lipinski definition) is 3. The summed E-state index contributed by atoms with van der Waals surface area (Å²) >= 11 is 1.80. The summed E-state index contributed by atoms with van der Waals surface area (Å²) in [7, 11) is 0. The maximum atomic E-state index is 12.4. The standard InChI is InChI=1S/C21H32N2OS/c1-6-8-14-21(7-2,15-13-18(24)23-20(3,4)5)19-22-16-11-9-10-12-17(16)25-19/h9-12H,6-8,13-15H2,1-5H3,(H,23,24). The summed E-state index contributed by atoms with van der Waals surface area (Å²) in [6.45, 7) is 10.6. The van der Waals surface area contributed by atoms with Crippen molar-refractivity contribution in [3.8, 4) is 0 Å². The molecule has 1 amide bonds. The van der Waals surface area contributed by atoms with Gasteiger partial charge in [0.05, 0.1) is 15.2 Å². The minimum atomic E-state index is -0.175. The van der Waals surface area contributed by atoms with Gasteiger partial charge in [0.1, 0.15) is 0 Å². The molecular weight excluding hydrogens is 328 g/mol. The Morgan fingerprint density at radius 2 is 1.88 bits per heavy atom. The number of nitrogens with zero attached hydrogens (tertiary/aromatic N) is 1. The molecule has 4 heteroatoms. The van der Waals surface area contributed by atoms with Gasteiger partial charge < -0.3 is 5.32 Å². The van der Waals surface area contributed by atoms with E-state index >= 15 is 0 Å². The summed E-state index contributed by atoms with van der Waals surface area (Å²) in [6, 6.07) is 8.34. The van der Waals surface area contributed by atoms with Crippen molar-refractivity contribution in [2.24, 2.45) is 0 Å². The van der Waals surface area contributed by atoms with E-state index in [1.54, 1.807) is 11.3 Å². The summed E-state index contributed by atoms with van der Waals surface area (Å²) in [5.74, 6) is 0.142. The molecule has 0 aliphatic carbocycles. The number of carbonyl (C=O) groups is 1. The van der Waals surface area contributed by atoms with E-state index in [0.29, 0.717) is 6.42 Å². The van der Waals surface area contributed by atoms with E-state index in [1.807, 2.05) is 26.8 Å². The zero-order valence-corrected chi connectivity index (χ0v) is 17.1. The second kappa shape index (κ2) is 8.31. The van der Waals surface area contributed by atoms with Crippen LogP contribution >= 0.6 is 11.3 Å². The normalized spacial score (nSPS) is 14.4. The molecule has 0 saturated carbocycles. The van der Waals surface area contributed by atoms with Crippen LogP contribution in [0.15, 0.2) is 24.3 Å². The van der Waals surface area contributed by atoms with Crippen molar-refractivity contribution in [1.29, 1.82) is 0 Å². The van der Waals surface area contributed by atoms with Crippen molar-refractivity contribution in [1.82, 2.24) is 10.3 Å². The lowest BCUT2D eigenvalue weighted by atomic mass is 9.76. The van der Waals surface area contributed by atoms with Gasteiger partial charge in [0.15, 0.2) is 0 Å². The van der Waals surface area contributed by atoms with Crippen molar-refractivity contribution in [3.05, 3.63) is 29.3 Å². The maximum Gasteiger partial charge on any atom is 0.220 e. The summed E-state index contributed by atoms with van der Waals surface area (Å²) < 4.78 is 1.24. The third-order valence-corrected chi connectivity index (χ3v) is 6.06. The third-order valence-electron chi connectivity index (χ3n) is 4.78. The summed E-state index contributed by atoms with van der Waals surface area (Å²) in [6.07, 6.45) is 5.89. The first-order valence-electron chi connectivity index (χ1n) is 9.47. The molecule has 1 aromatic heterocycles. The van der Waals surface area contributed by atoms with Gasteiger partial charge in [-0.1, -0.05) is 38.8 Å². The molecule has 0 aliphatic heterocycles. The molecular formula is C21H32N2OS. The van der Waals surface area contributed by atoms with Gasteiger partial charge in [0.25, 0.3) is 0 Å². The van der Waals surface area contributed by atoms with Gasteiger partial charge in [-0.25, -0.2) is 4.98 Å². The fraction of sp³-hybridized carbons (Fsp3) is 0.619. The van der Waals surface area contributed by atoms with E-state index < -0.39 is 0 Å². The predicted molar refractivity (Wildman–Crippen MR) is 108 cm³/mol. The first-order valence-corrected chi connectivity index (χ1v) is 10.3. The van der Waals surface area contributed by atoms with Crippen LogP contribution < -0.4 is 5.32 Å². The maximum absolute atomic E-state index is 12.4. The highest BCUT2D eigenvalue weighted by atomic mass is 32.1. The largest absolute Gasteiger partial charge is 0.352 e. The number of carbonyl (C=O) groups excluding carboxylic acids is 1. The SMILES string of the molecule is CCCCC(CC)(CCC(=O)NC(C)(C)C)c1nc2ccccc2s1.